The molecule has 6 heteroatoms. The minimum Gasteiger partial charge on any atom is -0.369 e. The van der Waals surface area contributed by atoms with E-state index in [1.54, 1.807) is 6.20 Å². The lowest BCUT2D eigenvalue weighted by atomic mass is 10.3. The van der Waals surface area contributed by atoms with Crippen LogP contribution in [0.3, 0.4) is 0 Å². The van der Waals surface area contributed by atoms with Crippen LogP contribution in [0.15, 0.2) is 31.0 Å². The predicted molar refractivity (Wildman–Crippen MR) is 78.1 cm³/mol. The Morgan fingerprint density at radius 1 is 1.25 bits per heavy atom. The molecule has 0 radical (unpaired) electrons. The second-order valence-corrected chi connectivity index (χ2v) is 4.98. The Hall–Kier alpha value is -2.37. The van der Waals surface area contributed by atoms with Gasteiger partial charge in [-0.1, -0.05) is 0 Å². The van der Waals surface area contributed by atoms with E-state index in [4.69, 9.17) is 5.73 Å². The van der Waals surface area contributed by atoms with E-state index in [2.05, 4.69) is 19.5 Å². The molecular weight excluding hydrogens is 252 g/mol. The zero-order valence-electron chi connectivity index (χ0n) is 11.5. The molecular formula is C14H18N6. The third-order valence-electron chi connectivity index (χ3n) is 3.36. The third-order valence-corrected chi connectivity index (χ3v) is 3.36. The fourth-order valence-electron chi connectivity index (χ4n) is 2.33. The quantitative estimate of drug-likeness (QED) is 0.719. The molecule has 0 bridgehead atoms. The first-order chi connectivity index (χ1) is 9.74. The lowest BCUT2D eigenvalue weighted by Crippen LogP contribution is -2.05. The van der Waals surface area contributed by atoms with Crippen LogP contribution in [-0.2, 0) is 13.1 Å². The van der Waals surface area contributed by atoms with Crippen molar-refractivity contribution >= 4 is 17.1 Å². The van der Waals surface area contributed by atoms with E-state index in [1.807, 2.05) is 36.3 Å². The molecule has 0 spiro atoms. The number of nitrogens with two attached hydrogens (primary N) is 1. The molecule has 0 atom stereocenters. The molecule has 2 N–H and O–H groups in total. The highest BCUT2D eigenvalue weighted by Crippen LogP contribution is 2.17. The van der Waals surface area contributed by atoms with Crippen LogP contribution >= 0.6 is 0 Å². The molecule has 0 aliphatic heterocycles. The van der Waals surface area contributed by atoms with Crippen LogP contribution < -0.4 is 5.73 Å². The average molecular weight is 270 g/mol. The van der Waals surface area contributed by atoms with Crippen molar-refractivity contribution in [3.8, 4) is 0 Å². The van der Waals surface area contributed by atoms with Gasteiger partial charge in [-0.25, -0.2) is 15.0 Å². The van der Waals surface area contributed by atoms with Gasteiger partial charge in [-0.3, -0.25) is 4.57 Å². The number of aryl methyl sites for hydroxylation is 3. The molecule has 104 valence electrons. The van der Waals surface area contributed by atoms with Gasteiger partial charge >= 0.3 is 0 Å². The summed E-state index contributed by atoms with van der Waals surface area (Å²) in [6.45, 7) is 3.82. The molecule has 0 amide bonds. The summed E-state index contributed by atoms with van der Waals surface area (Å²) in [6, 6.07) is 2.01. The molecule has 0 fully saturated rings. The van der Waals surface area contributed by atoms with Gasteiger partial charge in [-0.2, -0.15) is 0 Å². The zero-order valence-corrected chi connectivity index (χ0v) is 11.5. The Labute approximate surface area is 117 Å². The number of pyridine rings is 1. The summed E-state index contributed by atoms with van der Waals surface area (Å²) < 4.78 is 4.07. The highest BCUT2D eigenvalue weighted by atomic mass is 15.2. The number of nitrogens with zero attached hydrogens (tertiary/aromatic N) is 5. The fraction of sp³-hybridized carbons (Fsp3) is 0.357. The number of fused-ring (bicyclic) bond motifs is 1. The number of unbranched alkanes of at least 4 members (excludes halogenated alkanes) is 1. The van der Waals surface area contributed by atoms with Gasteiger partial charge in [0.25, 0.3) is 0 Å². The van der Waals surface area contributed by atoms with Gasteiger partial charge in [0.15, 0.2) is 5.65 Å². The smallest absolute Gasteiger partial charge is 0.202 e. The zero-order chi connectivity index (χ0) is 13.9. The standard InChI is InChI=1S/C14H18N6/c1-11-8-12-13(17-9-11)20(14(15)18-12)6-3-2-5-19-7-4-16-10-19/h4,7-10H,2-3,5-6H2,1H3,(H2,15,18). The molecule has 3 rings (SSSR count). The maximum atomic E-state index is 5.98. The molecule has 0 saturated carbocycles. The van der Waals surface area contributed by atoms with Gasteiger partial charge < -0.3 is 10.3 Å². The van der Waals surface area contributed by atoms with Crippen molar-refractivity contribution in [1.82, 2.24) is 24.1 Å². The molecule has 0 aliphatic carbocycles. The monoisotopic (exact) mass is 270 g/mol. The van der Waals surface area contributed by atoms with E-state index >= 15 is 0 Å². The maximum Gasteiger partial charge on any atom is 0.202 e. The van der Waals surface area contributed by atoms with Crippen LogP contribution in [0.25, 0.3) is 11.2 Å². The molecule has 0 saturated heterocycles. The van der Waals surface area contributed by atoms with Crippen LogP contribution in [0.5, 0.6) is 0 Å². The number of imidazole rings is 2. The van der Waals surface area contributed by atoms with Crippen molar-refractivity contribution in [2.45, 2.75) is 32.9 Å². The van der Waals surface area contributed by atoms with Crippen LogP contribution in [0.4, 0.5) is 5.95 Å². The van der Waals surface area contributed by atoms with Gasteiger partial charge in [0, 0.05) is 31.7 Å². The molecule has 3 heterocycles. The van der Waals surface area contributed by atoms with Gasteiger partial charge in [-0.15, -0.1) is 0 Å². The summed E-state index contributed by atoms with van der Waals surface area (Å²) >= 11 is 0. The Kier molecular flexibility index (Phi) is 3.37. The average Bonchev–Trinajstić information content (AvgIpc) is 3.02. The van der Waals surface area contributed by atoms with Crippen molar-refractivity contribution in [3.05, 3.63) is 36.5 Å². The molecule has 0 unspecified atom stereocenters. The van der Waals surface area contributed by atoms with Crippen LogP contribution in [0, 0.1) is 6.92 Å². The van der Waals surface area contributed by atoms with E-state index in [0.717, 1.165) is 42.7 Å². The molecule has 0 aliphatic rings. The summed E-state index contributed by atoms with van der Waals surface area (Å²) in [7, 11) is 0. The van der Waals surface area contributed by atoms with Crippen molar-refractivity contribution < 1.29 is 0 Å². The lowest BCUT2D eigenvalue weighted by Gasteiger charge is -2.06. The van der Waals surface area contributed by atoms with Crippen molar-refractivity contribution in [2.75, 3.05) is 5.73 Å². The Balaban J connectivity index is 1.66. The van der Waals surface area contributed by atoms with E-state index in [9.17, 15) is 0 Å². The number of rotatable bonds is 5. The molecule has 20 heavy (non-hydrogen) atoms. The first-order valence-corrected chi connectivity index (χ1v) is 6.78. The first-order valence-electron chi connectivity index (χ1n) is 6.78. The molecule has 0 aromatic carbocycles. The van der Waals surface area contributed by atoms with E-state index in [0.29, 0.717) is 5.95 Å². The minimum absolute atomic E-state index is 0.542. The van der Waals surface area contributed by atoms with Crippen LogP contribution in [0.2, 0.25) is 0 Å². The van der Waals surface area contributed by atoms with Crippen LogP contribution in [-0.4, -0.2) is 24.1 Å². The Morgan fingerprint density at radius 2 is 2.10 bits per heavy atom. The predicted octanol–water partition coefficient (Wildman–Crippen LogP) is 2.00. The van der Waals surface area contributed by atoms with Gasteiger partial charge in [0.1, 0.15) is 5.52 Å². The summed E-state index contributed by atoms with van der Waals surface area (Å²) in [4.78, 5) is 12.8. The Bertz CT molecular complexity index is 698. The summed E-state index contributed by atoms with van der Waals surface area (Å²) in [5, 5.41) is 0. The summed E-state index contributed by atoms with van der Waals surface area (Å²) in [5.41, 5.74) is 8.82. The van der Waals surface area contributed by atoms with E-state index < -0.39 is 0 Å². The summed E-state index contributed by atoms with van der Waals surface area (Å²) in [5.74, 6) is 0.542. The van der Waals surface area contributed by atoms with E-state index in [1.165, 1.54) is 0 Å². The van der Waals surface area contributed by atoms with Crippen molar-refractivity contribution in [2.24, 2.45) is 0 Å². The highest BCUT2D eigenvalue weighted by Gasteiger charge is 2.08. The molecule has 6 nitrogen and oxygen atoms in total. The lowest BCUT2D eigenvalue weighted by molar-refractivity contribution is 0.560. The number of anilines is 1. The van der Waals surface area contributed by atoms with Crippen LogP contribution in [0.1, 0.15) is 18.4 Å². The second-order valence-electron chi connectivity index (χ2n) is 4.98. The second kappa shape index (κ2) is 5.32. The SMILES string of the molecule is Cc1cnc2c(c1)nc(N)n2CCCCn1ccnc1. The fourth-order valence-corrected chi connectivity index (χ4v) is 2.33. The molecule has 3 aromatic heterocycles. The number of hydrogen-bond donors (Lipinski definition) is 1. The largest absolute Gasteiger partial charge is 0.369 e. The summed E-state index contributed by atoms with van der Waals surface area (Å²) in [6.07, 6.45) is 9.57. The third kappa shape index (κ3) is 2.49. The number of nitrogen functional groups attached to an aromatic ring is 1. The minimum atomic E-state index is 0.542. The first kappa shape index (κ1) is 12.7. The topological polar surface area (TPSA) is 74.5 Å². The van der Waals surface area contributed by atoms with E-state index in [-0.39, 0.29) is 0 Å². The van der Waals surface area contributed by atoms with Gasteiger partial charge in [-0.05, 0) is 31.4 Å². The van der Waals surface area contributed by atoms with Gasteiger partial charge in [0.05, 0.1) is 6.33 Å². The van der Waals surface area contributed by atoms with Crippen molar-refractivity contribution in [1.29, 1.82) is 0 Å². The Morgan fingerprint density at radius 3 is 2.90 bits per heavy atom. The molecule has 3 aromatic rings. The normalized spacial score (nSPS) is 11.2. The van der Waals surface area contributed by atoms with Gasteiger partial charge in [0.2, 0.25) is 5.95 Å². The number of aromatic nitrogens is 5. The highest BCUT2D eigenvalue weighted by molar-refractivity contribution is 5.74. The maximum absolute atomic E-state index is 5.98. The number of hydrogen-bond acceptors (Lipinski definition) is 4. The van der Waals surface area contributed by atoms with Crippen molar-refractivity contribution in [3.63, 3.8) is 0 Å².